The number of nitrogens with two attached hydrogens (primary N) is 1. The van der Waals surface area contributed by atoms with Crippen LogP contribution in [0.4, 0.5) is 5.95 Å². The topological polar surface area (TPSA) is 122 Å². The number of aromatic nitrogens is 3. The number of anilines is 1. The van der Waals surface area contributed by atoms with Crippen LogP contribution in [0, 0.1) is 0 Å². The zero-order chi connectivity index (χ0) is 16.8. The fourth-order valence-corrected chi connectivity index (χ4v) is 2.45. The van der Waals surface area contributed by atoms with Crippen LogP contribution in [0.3, 0.4) is 0 Å². The van der Waals surface area contributed by atoms with Crippen LogP contribution in [0.15, 0.2) is 21.7 Å². The number of carbonyl (C=O) groups excluding carboxylic acids is 2. The monoisotopic (exact) mass is 340 g/mol. The summed E-state index contributed by atoms with van der Waals surface area (Å²) in [5, 5.41) is 8.14. The summed E-state index contributed by atoms with van der Waals surface area (Å²) in [6.45, 7) is 2.27. The van der Waals surface area contributed by atoms with Crippen molar-refractivity contribution in [1.29, 1.82) is 0 Å². The Morgan fingerprint density at radius 2 is 2.17 bits per heavy atom. The normalized spacial score (nSPS) is 10.5. The van der Waals surface area contributed by atoms with Gasteiger partial charge in [-0.3, -0.25) is 9.36 Å². The highest BCUT2D eigenvalue weighted by molar-refractivity contribution is 7.99. The van der Waals surface area contributed by atoms with Gasteiger partial charge in [0.15, 0.2) is 5.16 Å². The molecule has 2 aromatic rings. The van der Waals surface area contributed by atoms with Crippen LogP contribution >= 0.6 is 11.8 Å². The van der Waals surface area contributed by atoms with Crippen LogP contribution in [0.5, 0.6) is 0 Å². The van der Waals surface area contributed by atoms with Crippen molar-refractivity contribution in [2.45, 2.75) is 18.6 Å². The Hall–Kier alpha value is -2.49. The molecule has 0 aliphatic rings. The summed E-state index contributed by atoms with van der Waals surface area (Å²) < 4.78 is 16.4. The number of ether oxygens (including phenoxy) is 2. The average molecular weight is 340 g/mol. The molecule has 0 spiro atoms. The molecular weight excluding hydrogens is 324 g/mol. The number of esters is 2. The minimum absolute atomic E-state index is 0.0925. The van der Waals surface area contributed by atoms with Crippen LogP contribution in [0.25, 0.3) is 0 Å². The fraction of sp³-hybridized carbons (Fsp3) is 0.385. The molecule has 9 nitrogen and oxygen atoms in total. The maximum absolute atomic E-state index is 11.4. The molecule has 23 heavy (non-hydrogen) atoms. The molecule has 0 amide bonds. The van der Waals surface area contributed by atoms with Gasteiger partial charge in [0.2, 0.25) is 11.7 Å². The Bertz CT molecular complexity index is 696. The summed E-state index contributed by atoms with van der Waals surface area (Å²) in [5.74, 6) is -0.0732. The predicted octanol–water partition coefficient (Wildman–Crippen LogP) is 0.943. The summed E-state index contributed by atoms with van der Waals surface area (Å²) in [6.07, 6.45) is 0. The highest BCUT2D eigenvalue weighted by Gasteiger charge is 2.16. The van der Waals surface area contributed by atoms with E-state index in [1.54, 1.807) is 17.6 Å². The van der Waals surface area contributed by atoms with Gasteiger partial charge in [0.25, 0.3) is 0 Å². The van der Waals surface area contributed by atoms with Gasteiger partial charge >= 0.3 is 11.9 Å². The van der Waals surface area contributed by atoms with Crippen LogP contribution in [0.1, 0.15) is 23.2 Å². The second-order valence-electron chi connectivity index (χ2n) is 4.28. The van der Waals surface area contributed by atoms with E-state index < -0.39 is 5.97 Å². The molecule has 0 atom stereocenters. The average Bonchev–Trinajstić information content (AvgIpc) is 3.14. The second kappa shape index (κ2) is 7.68. The summed E-state index contributed by atoms with van der Waals surface area (Å²) in [7, 11) is 1.27. The van der Waals surface area contributed by atoms with E-state index >= 15 is 0 Å². The number of furan rings is 1. The van der Waals surface area contributed by atoms with Crippen LogP contribution in [-0.2, 0) is 20.8 Å². The quantitative estimate of drug-likeness (QED) is 0.579. The first kappa shape index (κ1) is 16.9. The van der Waals surface area contributed by atoms with Crippen molar-refractivity contribution in [3.8, 4) is 0 Å². The van der Waals surface area contributed by atoms with Crippen molar-refractivity contribution in [2.75, 3.05) is 25.2 Å². The predicted molar refractivity (Wildman–Crippen MR) is 80.9 cm³/mol. The number of rotatable bonds is 7. The van der Waals surface area contributed by atoms with Crippen molar-refractivity contribution >= 4 is 29.6 Å². The first-order chi connectivity index (χ1) is 11.0. The van der Waals surface area contributed by atoms with E-state index in [-0.39, 0.29) is 30.0 Å². The highest BCUT2D eigenvalue weighted by atomic mass is 32.2. The minimum Gasteiger partial charge on any atom is -0.465 e. The molecule has 124 valence electrons. The van der Waals surface area contributed by atoms with E-state index in [0.29, 0.717) is 17.5 Å². The van der Waals surface area contributed by atoms with E-state index in [2.05, 4.69) is 14.9 Å². The first-order valence-electron chi connectivity index (χ1n) is 6.69. The highest BCUT2D eigenvalue weighted by Crippen LogP contribution is 2.21. The van der Waals surface area contributed by atoms with E-state index in [9.17, 15) is 9.59 Å². The Kier molecular flexibility index (Phi) is 5.63. The lowest BCUT2D eigenvalue weighted by molar-refractivity contribution is -0.139. The number of nitrogen functional groups attached to an aromatic ring is 1. The molecule has 0 radical (unpaired) electrons. The standard InChI is InChI=1S/C13H16N4O5S/c1-3-21-10(18)7-23-13-16-15-12(14)17(13)6-8-4-5-9(22-8)11(19)20-2/h4-5H,3,6-7H2,1-2H3,(H2,14,15). The third-order valence-electron chi connectivity index (χ3n) is 2.73. The lowest BCUT2D eigenvalue weighted by Gasteiger charge is -2.06. The van der Waals surface area contributed by atoms with Crippen molar-refractivity contribution in [3.63, 3.8) is 0 Å². The Labute approximate surface area is 136 Å². The molecule has 2 heterocycles. The number of hydrogen-bond acceptors (Lipinski definition) is 9. The number of hydrogen-bond donors (Lipinski definition) is 1. The van der Waals surface area contributed by atoms with Gasteiger partial charge in [-0.05, 0) is 19.1 Å². The largest absolute Gasteiger partial charge is 0.465 e. The molecule has 0 saturated carbocycles. The number of thioether (sulfide) groups is 1. The third-order valence-corrected chi connectivity index (χ3v) is 3.67. The smallest absolute Gasteiger partial charge is 0.373 e. The number of nitrogens with zero attached hydrogens (tertiary/aromatic N) is 3. The first-order valence-corrected chi connectivity index (χ1v) is 7.67. The lowest BCUT2D eigenvalue weighted by atomic mass is 10.4. The summed E-state index contributed by atoms with van der Waals surface area (Å²) in [4.78, 5) is 22.8. The lowest BCUT2D eigenvalue weighted by Crippen LogP contribution is -2.09. The molecular formula is C13H16N4O5S. The third kappa shape index (κ3) is 4.25. The van der Waals surface area contributed by atoms with Crippen LogP contribution in [-0.4, -0.2) is 46.2 Å². The van der Waals surface area contributed by atoms with Crippen LogP contribution in [0.2, 0.25) is 0 Å². The fourth-order valence-electron chi connectivity index (χ4n) is 1.71. The minimum atomic E-state index is -0.565. The summed E-state index contributed by atoms with van der Waals surface area (Å²) in [6, 6.07) is 3.14. The molecule has 10 heteroatoms. The Morgan fingerprint density at radius 3 is 2.87 bits per heavy atom. The van der Waals surface area contributed by atoms with Gasteiger partial charge in [-0.15, -0.1) is 10.2 Å². The van der Waals surface area contributed by atoms with E-state index in [1.165, 1.54) is 13.2 Å². The van der Waals surface area contributed by atoms with Crippen molar-refractivity contribution in [2.24, 2.45) is 0 Å². The van der Waals surface area contributed by atoms with Crippen molar-refractivity contribution in [3.05, 3.63) is 23.7 Å². The molecule has 0 fully saturated rings. The SMILES string of the molecule is CCOC(=O)CSc1nnc(N)n1Cc1ccc(C(=O)OC)o1. The summed E-state index contributed by atoms with van der Waals surface area (Å²) in [5.41, 5.74) is 5.77. The van der Waals surface area contributed by atoms with Gasteiger partial charge in [-0.2, -0.15) is 0 Å². The van der Waals surface area contributed by atoms with E-state index in [4.69, 9.17) is 14.9 Å². The molecule has 2 rings (SSSR count). The van der Waals surface area contributed by atoms with E-state index in [1.807, 2.05) is 0 Å². The van der Waals surface area contributed by atoms with Gasteiger partial charge in [0, 0.05) is 0 Å². The molecule has 0 aliphatic heterocycles. The summed E-state index contributed by atoms with van der Waals surface area (Å²) >= 11 is 1.15. The maximum atomic E-state index is 11.4. The van der Waals surface area contributed by atoms with Crippen molar-refractivity contribution < 1.29 is 23.5 Å². The zero-order valence-electron chi connectivity index (χ0n) is 12.6. The van der Waals surface area contributed by atoms with Crippen molar-refractivity contribution in [1.82, 2.24) is 14.8 Å². The van der Waals surface area contributed by atoms with Crippen LogP contribution < -0.4 is 5.73 Å². The number of carbonyl (C=O) groups is 2. The van der Waals surface area contributed by atoms with Gasteiger partial charge in [0.1, 0.15) is 5.76 Å². The Balaban J connectivity index is 2.07. The molecule has 0 saturated heterocycles. The molecule has 2 aromatic heterocycles. The zero-order valence-corrected chi connectivity index (χ0v) is 13.5. The van der Waals surface area contributed by atoms with E-state index in [0.717, 1.165) is 11.8 Å². The molecule has 0 aliphatic carbocycles. The molecule has 0 unspecified atom stereocenters. The van der Waals surface area contributed by atoms with Gasteiger partial charge in [0.05, 0.1) is 26.0 Å². The number of methoxy groups -OCH3 is 1. The molecule has 0 aromatic carbocycles. The maximum Gasteiger partial charge on any atom is 0.373 e. The molecule has 0 bridgehead atoms. The Morgan fingerprint density at radius 1 is 1.39 bits per heavy atom. The molecule has 2 N–H and O–H groups in total. The van der Waals surface area contributed by atoms with Gasteiger partial charge in [-0.25, -0.2) is 4.79 Å². The second-order valence-corrected chi connectivity index (χ2v) is 5.22. The van der Waals surface area contributed by atoms with Gasteiger partial charge < -0.3 is 19.6 Å². The van der Waals surface area contributed by atoms with Gasteiger partial charge in [-0.1, -0.05) is 11.8 Å².